The van der Waals surface area contributed by atoms with Gasteiger partial charge in [-0.05, 0) is 145 Å². The third-order valence-corrected chi connectivity index (χ3v) is 18.9. The van der Waals surface area contributed by atoms with Gasteiger partial charge in [0.25, 0.3) is 0 Å². The molecule has 6 aromatic heterocycles. The number of morpholine rings is 4. The van der Waals surface area contributed by atoms with E-state index in [9.17, 15) is 0 Å². The van der Waals surface area contributed by atoms with Crippen molar-refractivity contribution in [3.05, 3.63) is 194 Å². The molecule has 4 aliphatic rings. The second kappa shape index (κ2) is 50.2. The Morgan fingerprint density at radius 3 is 1.17 bits per heavy atom. The summed E-state index contributed by atoms with van der Waals surface area (Å²) in [5.74, 6) is 3.65. The summed E-state index contributed by atoms with van der Waals surface area (Å²) in [5.41, 5.74) is 9.05. The first-order chi connectivity index (χ1) is 54.9. The van der Waals surface area contributed by atoms with E-state index < -0.39 is 14.4 Å². The Bertz CT molecular complexity index is 4560. The molecule has 27 nitrogen and oxygen atoms in total. The van der Waals surface area contributed by atoms with E-state index in [4.69, 9.17) is 68.2 Å². The zero-order valence-electron chi connectivity index (χ0n) is 67.7. The average molecular weight is 1820 g/mol. The monoisotopic (exact) mass is 1820 g/mol. The molecule has 4 aromatic carbocycles. The van der Waals surface area contributed by atoms with Crippen molar-refractivity contribution >= 4 is 137 Å². The van der Waals surface area contributed by atoms with Gasteiger partial charge >= 0.3 is 33.3 Å². The molecule has 604 valence electrons. The number of pyridine rings is 2. The molecule has 34 heteroatoms. The molecule has 14 rings (SSSR count). The molecule has 3 N–H and O–H groups in total. The number of fused-ring (bicyclic) bond motifs is 2. The van der Waals surface area contributed by atoms with E-state index >= 15 is 0 Å². The van der Waals surface area contributed by atoms with Gasteiger partial charge in [-0.15, -0.1) is 0 Å². The van der Waals surface area contributed by atoms with Crippen LogP contribution in [0.5, 0.6) is 11.5 Å². The number of para-hydroxylation sites is 2. The largest absolute Gasteiger partial charge is 1.00 e. The van der Waals surface area contributed by atoms with Crippen LogP contribution in [0, 0.1) is 23.6 Å². The van der Waals surface area contributed by atoms with Crippen molar-refractivity contribution in [3.8, 4) is 44.9 Å². The predicted molar refractivity (Wildman–Crippen MR) is 467 cm³/mol. The molecule has 0 spiro atoms. The number of hydrogen-bond donors (Lipinski definition) is 3. The average Bonchev–Trinajstić information content (AvgIpc) is 0.773. The van der Waals surface area contributed by atoms with E-state index in [1.54, 1.807) is 39.0 Å². The molecule has 0 unspecified atom stereocenters. The van der Waals surface area contributed by atoms with Crippen molar-refractivity contribution in [1.82, 2.24) is 55.2 Å². The van der Waals surface area contributed by atoms with Crippen LogP contribution in [0.15, 0.2) is 156 Å². The zero-order valence-corrected chi connectivity index (χ0v) is 73.8. The summed E-state index contributed by atoms with van der Waals surface area (Å²) >= 11 is 14.1. The van der Waals surface area contributed by atoms with Crippen LogP contribution in [-0.2, 0) is 32.9 Å². The summed E-state index contributed by atoms with van der Waals surface area (Å²) in [6.45, 7) is 43.1. The fraction of sp³-hybridized carbons (Fsp3) is 0.395. The molecular weight excluding hydrogens is 1720 g/mol. The topological polar surface area (TPSA) is 283 Å². The van der Waals surface area contributed by atoms with Crippen molar-refractivity contribution in [2.24, 2.45) is 0 Å². The third kappa shape index (κ3) is 30.3. The molecule has 4 fully saturated rings. The van der Waals surface area contributed by atoms with E-state index in [1.165, 1.54) is 40.1 Å². The number of ether oxygens (including phenoxy) is 6. The number of hydrogen-bond acceptors (Lipinski definition) is 25. The minimum Gasteiger partial charge on any atom is -0.495 e. The molecule has 0 aliphatic carbocycles. The van der Waals surface area contributed by atoms with Gasteiger partial charge in [0, 0.05) is 174 Å². The minimum absolute atomic E-state index is 0. The Morgan fingerprint density at radius 2 is 0.843 bits per heavy atom. The van der Waals surface area contributed by atoms with Gasteiger partial charge in [0.05, 0.1) is 99.7 Å². The van der Waals surface area contributed by atoms with Crippen LogP contribution in [0.1, 0.15) is 75.2 Å². The van der Waals surface area contributed by atoms with Gasteiger partial charge < -0.3 is 79.4 Å². The van der Waals surface area contributed by atoms with Gasteiger partial charge in [0.1, 0.15) is 11.5 Å². The Morgan fingerprint density at radius 1 is 0.496 bits per heavy atom. The van der Waals surface area contributed by atoms with E-state index in [1.807, 2.05) is 128 Å². The van der Waals surface area contributed by atoms with Crippen molar-refractivity contribution in [3.63, 3.8) is 0 Å². The number of anilines is 3. The predicted octanol–water partition coefficient (Wildman–Crippen LogP) is 12.0. The summed E-state index contributed by atoms with van der Waals surface area (Å²) in [4.78, 5) is 56.1. The number of aromatic nitrogens is 10. The number of rotatable bonds is 13. The summed E-state index contributed by atoms with van der Waals surface area (Å²) in [5, 5.41) is 23.3. The fourth-order valence-electron chi connectivity index (χ4n) is 12.2. The van der Waals surface area contributed by atoms with Gasteiger partial charge in [-0.2, -0.15) is 6.42 Å². The molecule has 0 bridgehead atoms. The maximum Gasteiger partial charge on any atom is 1.00 e. The first-order valence-electron chi connectivity index (χ1n) is 37.0. The number of nitrogens with zero attached hydrogens (tertiary/aromatic N) is 15. The van der Waals surface area contributed by atoms with Gasteiger partial charge in [0.15, 0.2) is 11.4 Å². The third-order valence-electron chi connectivity index (χ3n) is 17.1. The second-order valence-electron chi connectivity index (χ2n) is 26.7. The van der Waals surface area contributed by atoms with Crippen molar-refractivity contribution in [2.45, 2.75) is 124 Å². The van der Waals surface area contributed by atoms with Crippen molar-refractivity contribution in [1.29, 1.82) is 0 Å². The summed E-state index contributed by atoms with van der Waals surface area (Å²) < 4.78 is 50.4. The zero-order chi connectivity index (χ0) is 82.8. The maximum absolute atomic E-state index is 8.95. The number of nitrogens with one attached hydrogen (secondary N) is 1. The molecule has 10 aromatic rings. The van der Waals surface area contributed by atoms with Crippen LogP contribution in [0.25, 0.3) is 64.9 Å². The van der Waals surface area contributed by atoms with Crippen molar-refractivity contribution in [2.75, 3.05) is 103 Å². The Balaban J connectivity index is 0.000000221. The number of halogens is 4. The summed E-state index contributed by atoms with van der Waals surface area (Å²) in [6.07, 6.45) is 21.0. The van der Waals surface area contributed by atoms with Crippen LogP contribution in [0.3, 0.4) is 0 Å². The van der Waals surface area contributed by atoms with E-state index in [0.717, 1.165) is 144 Å². The van der Waals surface area contributed by atoms with E-state index in [0.29, 0.717) is 40.9 Å². The molecule has 4 saturated heterocycles. The number of unbranched alkanes of at least 4 members (excludes halogenated alkanes) is 1. The van der Waals surface area contributed by atoms with E-state index in [-0.39, 0.29) is 60.8 Å². The molecule has 4 aliphatic heterocycles. The van der Waals surface area contributed by atoms with Crippen LogP contribution in [-0.4, -0.2) is 211 Å². The Hall–Kier alpha value is -7.69. The molecule has 0 radical (unpaired) electrons. The first-order valence-corrected chi connectivity index (χ1v) is 40.0. The van der Waals surface area contributed by atoms with Gasteiger partial charge in [-0.1, -0.05) is 86.1 Å². The number of benzene rings is 4. The molecule has 0 saturated carbocycles. The molecular formula is C81H99B2Br2ClILiN16O11. The van der Waals surface area contributed by atoms with E-state index in [2.05, 4.69) is 193 Å². The first kappa shape index (κ1) is 96.1. The SMILES string of the molecule is COB(OC)OC.C[C@@H]1CN(c2ncc(B(O)O)cn2)C[C@H](C)O1.C[C@@H]1CN(c2ncc(Br)cn2)C[C@H](C)O1.C[C@@H]1CNC[C@H](C)O1.Clc1ncc(Br)cn1.[C-]#[N+]c1ccc(-c2cccc3c(OC)c(-c4cnc(N5C[C@@H](C)O[C@@H](C)C5)nc4)cnc23)cc1.[C-]#[N+]c1ccc(-c2cccc3c(OC)c(I)cnc23)cc1.[CH2-]CCC.[Li+]. The smallest absolute Gasteiger partial charge is 0.495 e. The van der Waals surface area contributed by atoms with Gasteiger partial charge in [-0.3, -0.25) is 9.97 Å². The molecule has 0 amide bonds. The second-order valence-corrected chi connectivity index (χ2v) is 30.0. The van der Waals surface area contributed by atoms with Crippen LogP contribution in [0.4, 0.5) is 29.2 Å². The van der Waals surface area contributed by atoms with Crippen LogP contribution >= 0.6 is 66.1 Å². The Kier molecular flexibility index (Phi) is 41.9. The van der Waals surface area contributed by atoms with Crippen LogP contribution < -0.4 is 53.8 Å². The van der Waals surface area contributed by atoms with Crippen molar-refractivity contribution < 1.29 is 71.3 Å². The fourth-order valence-corrected chi connectivity index (χ4v) is 13.4. The maximum atomic E-state index is 8.95. The summed E-state index contributed by atoms with van der Waals surface area (Å²) in [6, 6.07) is 27.2. The van der Waals surface area contributed by atoms with Gasteiger partial charge in [0.2, 0.25) is 23.1 Å². The van der Waals surface area contributed by atoms with Gasteiger partial charge in [-0.25, -0.2) is 49.6 Å². The normalized spacial score (nSPS) is 18.6. The number of methoxy groups -OCH3 is 2. The minimum atomic E-state index is -1.52. The molecule has 8 atom stereocenters. The molecule has 115 heavy (non-hydrogen) atoms. The summed E-state index contributed by atoms with van der Waals surface area (Å²) in [7, 11) is 5.84. The Labute approximate surface area is 723 Å². The quantitative estimate of drug-likeness (QED) is 0.0418. The standard InChI is InChI=1S/C27H25N5O2.C17H11IN2O.C10H16BN3O3.C10H14BrN3O.C6H13NO.C4H2BrClN2.C4H9.C3H9BO3.Li/c1-17-15-32(16-18(2)34-17)27-30-12-20(13-31-27)24-14-29-25-22(6-5-7-23(25)26(24)33-4)19-8-10-21(28-3)11-9-19;1-19-12-8-6-11(7-9-12)13-4-3-5-14-16(13)20-10-15(18)17(14)21-2;1-7-5-14(6-8(2)17-7)10-12-3-9(4-13-10)11(15)16;1-7-5-14(6-8(2)15-7)10-12-3-9(11)4-13-10;1-5-3-7-4-6(2)8-5;5-3-1-7-4(6)8-2-3;1-3-4-2;1-5-4(6-2)7-3;/h5-14,17-18H,15-16H2,1-2,4H3;3-10H,2H3;3-4,7-8,15-16H,5-6H2,1-2H3;3-4,7-8H,5-6H2,1-2H3;5-7H,3-4H2,1-2H3;1-2H;1,3-4H2,2H3;1-3H3;/q;;;;;;-1;;+1/t17-,18+;;2*7-,8+;5-,6+;;;;. The van der Waals surface area contributed by atoms with Crippen LogP contribution in [0.2, 0.25) is 5.28 Å². The molecule has 10 heterocycles.